The molecule has 172 valence electrons. The molecule has 3 heterocycles. The van der Waals surface area contributed by atoms with Crippen LogP contribution in [0.15, 0.2) is 41.5 Å². The number of H-pyrrole nitrogens is 1. The van der Waals surface area contributed by atoms with Gasteiger partial charge in [0.25, 0.3) is 0 Å². The molecule has 0 saturated carbocycles. The van der Waals surface area contributed by atoms with Crippen LogP contribution in [0.25, 0.3) is 11.3 Å². The minimum atomic E-state index is 0. The lowest BCUT2D eigenvalue weighted by Gasteiger charge is -2.23. The number of aryl methyl sites for hydroxylation is 1. The highest BCUT2D eigenvalue weighted by atomic mass is 127. The number of hydrogen-bond donors (Lipinski definition) is 2. The molecule has 1 fully saturated rings. The van der Waals surface area contributed by atoms with E-state index >= 15 is 0 Å². The number of hydrogen-bond acceptors (Lipinski definition) is 5. The van der Waals surface area contributed by atoms with E-state index in [2.05, 4.69) is 42.5 Å². The van der Waals surface area contributed by atoms with Gasteiger partial charge in [0.15, 0.2) is 11.8 Å². The van der Waals surface area contributed by atoms with E-state index in [-0.39, 0.29) is 30.1 Å². The first-order valence-corrected chi connectivity index (χ1v) is 10.7. The number of rotatable bonds is 7. The van der Waals surface area contributed by atoms with Crippen LogP contribution in [0.5, 0.6) is 0 Å². The second-order valence-electron chi connectivity index (χ2n) is 7.84. The maximum Gasteiger partial charge on any atom is 0.194 e. The quantitative estimate of drug-likeness (QED) is 0.267. The molecule has 0 amide bonds. The lowest BCUT2D eigenvalue weighted by atomic mass is 10.2. The highest BCUT2D eigenvalue weighted by Gasteiger charge is 2.18. The van der Waals surface area contributed by atoms with E-state index in [0.717, 1.165) is 60.7 Å². The second kappa shape index (κ2) is 11.4. The number of nitrogens with zero attached hydrogens (tertiary/aromatic N) is 6. The molecule has 2 aromatic heterocycles. The zero-order valence-corrected chi connectivity index (χ0v) is 21.1. The van der Waals surface area contributed by atoms with Crippen LogP contribution in [0.4, 0.5) is 0 Å². The summed E-state index contributed by atoms with van der Waals surface area (Å²) in [6.45, 7) is 4.55. The number of halogens is 1. The van der Waals surface area contributed by atoms with Gasteiger partial charge in [0, 0.05) is 27.2 Å². The average molecular weight is 550 g/mol. The molecule has 0 aliphatic carbocycles. The maximum atomic E-state index is 5.76. The first-order chi connectivity index (χ1) is 15.1. The predicted octanol–water partition coefficient (Wildman–Crippen LogP) is 2.89. The smallest absolute Gasteiger partial charge is 0.194 e. The molecule has 1 unspecified atom stereocenters. The van der Waals surface area contributed by atoms with Gasteiger partial charge in [0.1, 0.15) is 18.2 Å². The zero-order chi connectivity index (χ0) is 21.6. The van der Waals surface area contributed by atoms with Crippen molar-refractivity contribution in [2.75, 3.05) is 20.2 Å². The summed E-state index contributed by atoms with van der Waals surface area (Å²) >= 11 is 0. The summed E-state index contributed by atoms with van der Waals surface area (Å²) in [7, 11) is 3.96. The summed E-state index contributed by atoms with van der Waals surface area (Å²) in [5.74, 6) is 3.36. The average Bonchev–Trinajstić information content (AvgIpc) is 3.53. The Hall–Kier alpha value is -2.47. The molecule has 1 saturated heterocycles. The lowest BCUT2D eigenvalue weighted by Crippen LogP contribution is -2.42. The van der Waals surface area contributed by atoms with Crippen LogP contribution in [0.3, 0.4) is 0 Å². The third kappa shape index (κ3) is 6.06. The molecule has 1 aliphatic rings. The maximum absolute atomic E-state index is 5.76. The molecule has 32 heavy (non-hydrogen) atoms. The van der Waals surface area contributed by atoms with Crippen LogP contribution in [-0.2, 0) is 24.9 Å². The fourth-order valence-electron chi connectivity index (χ4n) is 3.56. The number of ether oxygens (including phenoxy) is 1. The van der Waals surface area contributed by atoms with Crippen molar-refractivity contribution in [2.45, 2.75) is 39.0 Å². The molecule has 1 aromatic carbocycles. The van der Waals surface area contributed by atoms with Gasteiger partial charge in [-0.15, -0.1) is 34.2 Å². The van der Waals surface area contributed by atoms with Crippen molar-refractivity contribution in [2.24, 2.45) is 12.0 Å². The molecule has 3 aromatic rings. The zero-order valence-electron chi connectivity index (χ0n) is 18.8. The monoisotopic (exact) mass is 550 g/mol. The highest BCUT2D eigenvalue weighted by Crippen LogP contribution is 2.16. The van der Waals surface area contributed by atoms with Crippen molar-refractivity contribution in [1.29, 1.82) is 0 Å². The predicted molar refractivity (Wildman–Crippen MR) is 135 cm³/mol. The summed E-state index contributed by atoms with van der Waals surface area (Å²) in [6, 6.07) is 10.2. The number of nitrogens with one attached hydrogen (secondary N) is 2. The number of aromatic nitrogens is 5. The Labute approximate surface area is 205 Å². The van der Waals surface area contributed by atoms with Crippen LogP contribution >= 0.6 is 24.0 Å². The first-order valence-electron chi connectivity index (χ1n) is 10.7. The molecule has 10 heteroatoms. The highest BCUT2D eigenvalue weighted by molar-refractivity contribution is 14.0. The fourth-order valence-corrected chi connectivity index (χ4v) is 3.56. The SMILES string of the molecule is Cc1nnc(CN=C(NCC2CCCO2)N(C)Cc2ncc(-c3ccccc3)[nH]2)n1C.I. The molecule has 0 spiro atoms. The summed E-state index contributed by atoms with van der Waals surface area (Å²) in [6.07, 6.45) is 4.29. The second-order valence-corrected chi connectivity index (χ2v) is 7.84. The minimum absolute atomic E-state index is 0. The summed E-state index contributed by atoms with van der Waals surface area (Å²) in [5, 5.41) is 11.8. The Kier molecular flexibility index (Phi) is 8.62. The van der Waals surface area contributed by atoms with Gasteiger partial charge in [-0.2, -0.15) is 0 Å². The van der Waals surface area contributed by atoms with Crippen molar-refractivity contribution in [3.05, 3.63) is 54.0 Å². The van der Waals surface area contributed by atoms with Gasteiger partial charge < -0.3 is 24.5 Å². The van der Waals surface area contributed by atoms with E-state index in [4.69, 9.17) is 9.73 Å². The Balaban J connectivity index is 0.00000289. The van der Waals surface area contributed by atoms with Gasteiger partial charge in [-0.25, -0.2) is 9.98 Å². The van der Waals surface area contributed by atoms with Crippen LogP contribution in [-0.4, -0.2) is 61.9 Å². The van der Waals surface area contributed by atoms with Gasteiger partial charge in [0.2, 0.25) is 0 Å². The van der Waals surface area contributed by atoms with Crippen molar-refractivity contribution in [1.82, 2.24) is 34.9 Å². The Morgan fingerprint density at radius 1 is 1.31 bits per heavy atom. The van der Waals surface area contributed by atoms with E-state index in [9.17, 15) is 0 Å². The Morgan fingerprint density at radius 2 is 2.12 bits per heavy atom. The first kappa shape index (κ1) is 24.2. The van der Waals surface area contributed by atoms with Gasteiger partial charge in [-0.3, -0.25) is 0 Å². The number of guanidine groups is 1. The van der Waals surface area contributed by atoms with E-state index in [0.29, 0.717) is 13.1 Å². The molecule has 4 rings (SSSR count). The Bertz CT molecular complexity index is 1010. The molecular weight excluding hydrogens is 519 g/mol. The summed E-state index contributed by atoms with van der Waals surface area (Å²) < 4.78 is 7.72. The standard InChI is InChI=1S/C22H30N8O.HI/c1-16-27-28-21(30(16)3)14-25-22(24-12-18-10-7-11-31-18)29(2)15-20-23-13-19(26-20)17-8-5-4-6-9-17;/h4-6,8-9,13,18H,7,10-12,14-15H2,1-3H3,(H,23,26)(H,24,25);1H. The summed E-state index contributed by atoms with van der Waals surface area (Å²) in [4.78, 5) is 14.8. The van der Waals surface area contributed by atoms with Gasteiger partial charge in [0.05, 0.1) is 24.5 Å². The number of benzene rings is 1. The molecule has 2 N–H and O–H groups in total. The van der Waals surface area contributed by atoms with E-state index < -0.39 is 0 Å². The fraction of sp³-hybridized carbons (Fsp3) is 0.455. The van der Waals surface area contributed by atoms with E-state index in [1.165, 1.54) is 0 Å². The van der Waals surface area contributed by atoms with E-state index in [1.54, 1.807) is 0 Å². The minimum Gasteiger partial charge on any atom is -0.376 e. The van der Waals surface area contributed by atoms with Crippen molar-refractivity contribution >= 4 is 29.9 Å². The number of aromatic amines is 1. The summed E-state index contributed by atoms with van der Waals surface area (Å²) in [5.41, 5.74) is 2.12. The van der Waals surface area contributed by atoms with Crippen LogP contribution < -0.4 is 5.32 Å². The largest absolute Gasteiger partial charge is 0.376 e. The van der Waals surface area contributed by atoms with Crippen molar-refractivity contribution < 1.29 is 4.74 Å². The molecule has 0 radical (unpaired) electrons. The van der Waals surface area contributed by atoms with Crippen LogP contribution in [0, 0.1) is 6.92 Å². The molecule has 0 bridgehead atoms. The number of aliphatic imine (C=N–C) groups is 1. The Morgan fingerprint density at radius 3 is 2.81 bits per heavy atom. The lowest BCUT2D eigenvalue weighted by molar-refractivity contribution is 0.113. The third-order valence-electron chi connectivity index (χ3n) is 5.53. The molecule has 9 nitrogen and oxygen atoms in total. The van der Waals surface area contributed by atoms with E-state index in [1.807, 2.05) is 50.0 Å². The number of imidazole rings is 1. The van der Waals surface area contributed by atoms with Crippen LogP contribution in [0.2, 0.25) is 0 Å². The topological polar surface area (TPSA) is 96.2 Å². The molecular formula is C22H31IN8O. The van der Waals surface area contributed by atoms with Crippen molar-refractivity contribution in [3.8, 4) is 11.3 Å². The van der Waals surface area contributed by atoms with Gasteiger partial charge in [-0.05, 0) is 25.3 Å². The van der Waals surface area contributed by atoms with Gasteiger partial charge in [-0.1, -0.05) is 30.3 Å². The molecule has 1 atom stereocenters. The third-order valence-corrected chi connectivity index (χ3v) is 5.53. The molecule has 1 aliphatic heterocycles. The van der Waals surface area contributed by atoms with Crippen molar-refractivity contribution in [3.63, 3.8) is 0 Å². The normalized spacial score (nSPS) is 16.1. The van der Waals surface area contributed by atoms with Gasteiger partial charge >= 0.3 is 0 Å². The van der Waals surface area contributed by atoms with Crippen LogP contribution in [0.1, 0.15) is 30.3 Å².